The Hall–Kier alpha value is -1.14. The Kier molecular flexibility index (Phi) is 4.89. The average molecular weight is 257 g/mol. The van der Waals surface area contributed by atoms with Crippen molar-refractivity contribution in [1.29, 1.82) is 0 Å². The highest BCUT2D eigenvalue weighted by Crippen LogP contribution is 2.15. The van der Waals surface area contributed by atoms with Crippen LogP contribution in [0.4, 0.5) is 4.79 Å². The SMILES string of the molecule is Cc1nc(CNC(=O)N(C)C(C)CO)c(C)s1. The summed E-state index contributed by atoms with van der Waals surface area (Å²) < 4.78 is 0. The molecule has 1 aromatic rings. The molecule has 1 unspecified atom stereocenters. The van der Waals surface area contributed by atoms with Crippen LogP contribution in [0, 0.1) is 13.8 Å². The molecule has 96 valence electrons. The highest BCUT2D eigenvalue weighted by Gasteiger charge is 2.15. The van der Waals surface area contributed by atoms with E-state index in [1.54, 1.807) is 25.3 Å². The van der Waals surface area contributed by atoms with E-state index < -0.39 is 0 Å². The van der Waals surface area contributed by atoms with E-state index in [9.17, 15) is 4.79 Å². The van der Waals surface area contributed by atoms with E-state index in [-0.39, 0.29) is 18.7 Å². The van der Waals surface area contributed by atoms with E-state index in [1.807, 2.05) is 13.8 Å². The van der Waals surface area contributed by atoms with Crippen LogP contribution in [0.3, 0.4) is 0 Å². The van der Waals surface area contributed by atoms with Crippen molar-refractivity contribution in [2.45, 2.75) is 33.4 Å². The van der Waals surface area contributed by atoms with E-state index >= 15 is 0 Å². The second kappa shape index (κ2) is 5.97. The third-order valence-corrected chi connectivity index (χ3v) is 3.58. The Labute approximate surface area is 105 Å². The van der Waals surface area contributed by atoms with Crippen LogP contribution in [0.2, 0.25) is 0 Å². The third-order valence-electron chi connectivity index (χ3n) is 2.65. The quantitative estimate of drug-likeness (QED) is 0.854. The number of aryl methyl sites for hydroxylation is 2. The maximum atomic E-state index is 11.7. The van der Waals surface area contributed by atoms with Crippen LogP contribution < -0.4 is 5.32 Å². The van der Waals surface area contributed by atoms with Gasteiger partial charge in [-0.05, 0) is 20.8 Å². The van der Waals surface area contributed by atoms with Crippen molar-refractivity contribution in [1.82, 2.24) is 15.2 Å². The number of carbonyl (C=O) groups is 1. The summed E-state index contributed by atoms with van der Waals surface area (Å²) in [5.41, 5.74) is 0.908. The van der Waals surface area contributed by atoms with Gasteiger partial charge in [0.05, 0.1) is 29.9 Å². The summed E-state index contributed by atoms with van der Waals surface area (Å²) in [6, 6.07) is -0.384. The second-order valence-corrected chi connectivity index (χ2v) is 5.44. The number of likely N-dealkylation sites (N-methyl/N-ethyl adjacent to an activating group) is 1. The molecule has 0 aliphatic heterocycles. The van der Waals surface area contributed by atoms with Gasteiger partial charge in [-0.2, -0.15) is 0 Å². The molecule has 0 radical (unpaired) electrons. The molecule has 1 atom stereocenters. The summed E-state index contributed by atoms with van der Waals surface area (Å²) in [6.07, 6.45) is 0. The van der Waals surface area contributed by atoms with Crippen LogP contribution in [0.15, 0.2) is 0 Å². The van der Waals surface area contributed by atoms with Crippen molar-refractivity contribution in [2.75, 3.05) is 13.7 Å². The highest BCUT2D eigenvalue weighted by molar-refractivity contribution is 7.11. The smallest absolute Gasteiger partial charge is 0.317 e. The number of hydrogen-bond acceptors (Lipinski definition) is 4. The maximum absolute atomic E-state index is 11.7. The summed E-state index contributed by atoms with van der Waals surface area (Å²) in [5.74, 6) is 0. The van der Waals surface area contributed by atoms with Crippen LogP contribution >= 0.6 is 11.3 Å². The van der Waals surface area contributed by atoms with Crippen molar-refractivity contribution in [3.8, 4) is 0 Å². The van der Waals surface area contributed by atoms with Gasteiger partial charge in [-0.25, -0.2) is 9.78 Å². The molecule has 17 heavy (non-hydrogen) atoms. The summed E-state index contributed by atoms with van der Waals surface area (Å²) in [6.45, 7) is 6.11. The maximum Gasteiger partial charge on any atom is 0.317 e. The molecule has 5 nitrogen and oxygen atoms in total. The molecule has 1 heterocycles. The molecule has 0 aliphatic rings. The third kappa shape index (κ3) is 3.67. The zero-order chi connectivity index (χ0) is 13.0. The normalized spacial score (nSPS) is 12.3. The molecule has 0 saturated carbocycles. The fourth-order valence-electron chi connectivity index (χ4n) is 1.34. The molecule has 0 aromatic carbocycles. The highest BCUT2D eigenvalue weighted by atomic mass is 32.1. The average Bonchev–Trinajstić information content (AvgIpc) is 2.62. The number of aliphatic hydroxyl groups is 1. The lowest BCUT2D eigenvalue weighted by Crippen LogP contribution is -2.43. The number of hydrogen-bond donors (Lipinski definition) is 2. The van der Waals surface area contributed by atoms with E-state index in [2.05, 4.69) is 10.3 Å². The number of nitrogens with one attached hydrogen (secondary N) is 1. The van der Waals surface area contributed by atoms with E-state index in [0.29, 0.717) is 6.54 Å². The number of rotatable bonds is 4. The van der Waals surface area contributed by atoms with Crippen LogP contribution in [-0.2, 0) is 6.54 Å². The lowest BCUT2D eigenvalue weighted by atomic mass is 10.3. The number of nitrogens with zero attached hydrogens (tertiary/aromatic N) is 2. The van der Waals surface area contributed by atoms with Gasteiger partial charge in [0.15, 0.2) is 0 Å². The molecule has 1 aromatic heterocycles. The minimum atomic E-state index is -0.198. The molecule has 6 heteroatoms. The predicted molar refractivity (Wildman–Crippen MR) is 68.1 cm³/mol. The Morgan fingerprint density at radius 1 is 1.59 bits per heavy atom. The fourth-order valence-corrected chi connectivity index (χ4v) is 2.18. The molecule has 0 aliphatic carbocycles. The number of aliphatic hydroxyl groups excluding tert-OH is 1. The molecule has 0 spiro atoms. The summed E-state index contributed by atoms with van der Waals surface area (Å²) >= 11 is 1.62. The van der Waals surface area contributed by atoms with Gasteiger partial charge in [0.25, 0.3) is 0 Å². The Bertz CT molecular complexity index is 392. The zero-order valence-corrected chi connectivity index (χ0v) is 11.5. The number of carbonyl (C=O) groups excluding carboxylic acids is 1. The van der Waals surface area contributed by atoms with Gasteiger partial charge in [-0.3, -0.25) is 0 Å². The number of amides is 2. The van der Waals surface area contributed by atoms with Crippen LogP contribution in [-0.4, -0.2) is 40.7 Å². The molecular formula is C11H19N3O2S. The number of thiazole rings is 1. The van der Waals surface area contributed by atoms with Crippen LogP contribution in [0.25, 0.3) is 0 Å². The Morgan fingerprint density at radius 3 is 2.71 bits per heavy atom. The minimum Gasteiger partial charge on any atom is -0.394 e. The topological polar surface area (TPSA) is 65.5 Å². The first-order valence-corrected chi connectivity index (χ1v) is 6.31. The Balaban J connectivity index is 2.51. The largest absolute Gasteiger partial charge is 0.394 e. The zero-order valence-electron chi connectivity index (χ0n) is 10.6. The van der Waals surface area contributed by atoms with Crippen molar-refractivity contribution in [3.63, 3.8) is 0 Å². The number of urea groups is 1. The number of aromatic nitrogens is 1. The van der Waals surface area contributed by atoms with Gasteiger partial charge < -0.3 is 15.3 Å². The molecular weight excluding hydrogens is 238 g/mol. The standard InChI is InChI=1S/C11H19N3O2S/c1-7(6-15)14(4)11(16)12-5-10-8(2)17-9(3)13-10/h7,15H,5-6H2,1-4H3,(H,12,16). The van der Waals surface area contributed by atoms with Gasteiger partial charge in [0.1, 0.15) is 0 Å². The van der Waals surface area contributed by atoms with Gasteiger partial charge in [0, 0.05) is 11.9 Å². The molecule has 2 N–H and O–H groups in total. The fraction of sp³-hybridized carbons (Fsp3) is 0.636. The summed E-state index contributed by atoms with van der Waals surface area (Å²) in [4.78, 5) is 18.7. The van der Waals surface area contributed by atoms with Crippen molar-refractivity contribution in [3.05, 3.63) is 15.6 Å². The minimum absolute atomic E-state index is 0.0429. The van der Waals surface area contributed by atoms with Gasteiger partial charge in [-0.15, -0.1) is 11.3 Å². The summed E-state index contributed by atoms with van der Waals surface area (Å²) in [5, 5.41) is 12.7. The Morgan fingerprint density at radius 2 is 2.24 bits per heavy atom. The first kappa shape index (κ1) is 13.9. The summed E-state index contributed by atoms with van der Waals surface area (Å²) in [7, 11) is 1.66. The lowest BCUT2D eigenvalue weighted by Gasteiger charge is -2.23. The van der Waals surface area contributed by atoms with E-state index in [4.69, 9.17) is 5.11 Å². The molecule has 0 fully saturated rings. The van der Waals surface area contributed by atoms with Crippen LogP contribution in [0.5, 0.6) is 0 Å². The monoisotopic (exact) mass is 257 g/mol. The van der Waals surface area contributed by atoms with Gasteiger partial charge in [0.2, 0.25) is 0 Å². The first-order valence-electron chi connectivity index (χ1n) is 5.50. The lowest BCUT2D eigenvalue weighted by molar-refractivity contribution is 0.157. The molecule has 0 bridgehead atoms. The van der Waals surface area contributed by atoms with Crippen LogP contribution in [0.1, 0.15) is 22.5 Å². The van der Waals surface area contributed by atoms with E-state index in [0.717, 1.165) is 15.6 Å². The first-order chi connectivity index (χ1) is 7.95. The van der Waals surface area contributed by atoms with Crippen molar-refractivity contribution >= 4 is 17.4 Å². The van der Waals surface area contributed by atoms with Gasteiger partial charge >= 0.3 is 6.03 Å². The second-order valence-electron chi connectivity index (χ2n) is 4.04. The molecule has 0 saturated heterocycles. The van der Waals surface area contributed by atoms with Crippen molar-refractivity contribution < 1.29 is 9.90 Å². The molecule has 2 amide bonds. The van der Waals surface area contributed by atoms with Crippen molar-refractivity contribution in [2.24, 2.45) is 0 Å². The molecule has 1 rings (SSSR count). The predicted octanol–water partition coefficient (Wildman–Crippen LogP) is 1.28. The van der Waals surface area contributed by atoms with E-state index in [1.165, 1.54) is 4.90 Å². The van der Waals surface area contributed by atoms with Gasteiger partial charge in [-0.1, -0.05) is 0 Å².